The molecule has 0 N–H and O–H groups in total. The summed E-state index contributed by atoms with van der Waals surface area (Å²) in [4.78, 5) is 0. The summed E-state index contributed by atoms with van der Waals surface area (Å²) in [7, 11) is -2.12. The van der Waals surface area contributed by atoms with E-state index in [1.165, 1.54) is 0 Å². The Kier molecular flexibility index (Phi) is 3.30. The van der Waals surface area contributed by atoms with Crippen molar-refractivity contribution in [1.82, 2.24) is 0 Å². The molecule has 0 aliphatic heterocycles. The Balaban J connectivity index is 2.52. The topological polar surface area (TPSA) is 35.5 Å². The van der Waals surface area contributed by atoms with E-state index in [0.717, 1.165) is 6.26 Å². The number of benzene rings is 1. The van der Waals surface area contributed by atoms with Crippen molar-refractivity contribution >= 4 is 8.25 Å². The first-order valence-electron chi connectivity index (χ1n) is 3.31. The fourth-order valence-electron chi connectivity index (χ4n) is 0.650. The number of hydrogen-bond acceptors (Lipinski definition) is 3. The molecule has 0 spiro atoms. The van der Waals surface area contributed by atoms with Crippen LogP contribution in [0.4, 0.5) is 0 Å². The molecular formula is C8H8O3P+. The minimum Gasteiger partial charge on any atom is -0.231 e. The molecule has 0 fully saturated rings. The predicted molar refractivity (Wildman–Crippen MR) is 46.0 cm³/mol. The van der Waals surface area contributed by atoms with Gasteiger partial charge < -0.3 is 0 Å². The van der Waals surface area contributed by atoms with E-state index in [0.29, 0.717) is 5.75 Å². The van der Waals surface area contributed by atoms with E-state index in [-0.39, 0.29) is 0 Å². The van der Waals surface area contributed by atoms with Crippen LogP contribution in [0.3, 0.4) is 0 Å². The van der Waals surface area contributed by atoms with E-state index in [1.807, 2.05) is 6.07 Å². The van der Waals surface area contributed by atoms with Crippen LogP contribution >= 0.6 is 8.25 Å². The van der Waals surface area contributed by atoms with Crippen LogP contribution < -0.4 is 4.52 Å². The quantitative estimate of drug-likeness (QED) is 0.531. The number of rotatable bonds is 4. The van der Waals surface area contributed by atoms with Crippen molar-refractivity contribution in [2.75, 3.05) is 0 Å². The molecule has 4 heteroatoms. The molecule has 62 valence electrons. The van der Waals surface area contributed by atoms with Gasteiger partial charge in [0.25, 0.3) is 0 Å². The van der Waals surface area contributed by atoms with E-state index in [1.54, 1.807) is 24.3 Å². The zero-order chi connectivity index (χ0) is 8.81. The smallest absolute Gasteiger partial charge is 0.231 e. The van der Waals surface area contributed by atoms with Crippen molar-refractivity contribution in [3.63, 3.8) is 0 Å². The van der Waals surface area contributed by atoms with Gasteiger partial charge in [0.2, 0.25) is 0 Å². The van der Waals surface area contributed by atoms with Crippen molar-refractivity contribution in [2.24, 2.45) is 0 Å². The van der Waals surface area contributed by atoms with Gasteiger partial charge in [-0.1, -0.05) is 24.8 Å². The first-order valence-corrected chi connectivity index (χ1v) is 4.40. The molecule has 0 aromatic heterocycles. The van der Waals surface area contributed by atoms with Crippen LogP contribution in [0, 0.1) is 0 Å². The first-order chi connectivity index (χ1) is 5.83. The summed E-state index contributed by atoms with van der Waals surface area (Å²) in [5.74, 6) is 0.514. The van der Waals surface area contributed by atoms with Gasteiger partial charge in [0.05, 0.1) is 0 Å². The van der Waals surface area contributed by atoms with Crippen LogP contribution in [0.5, 0.6) is 5.75 Å². The molecule has 0 radical (unpaired) electrons. The largest absolute Gasteiger partial charge is 0.804 e. The average molecular weight is 183 g/mol. The van der Waals surface area contributed by atoms with Gasteiger partial charge in [0.15, 0.2) is 5.75 Å². The van der Waals surface area contributed by atoms with E-state index >= 15 is 0 Å². The molecular weight excluding hydrogens is 175 g/mol. The summed E-state index contributed by atoms with van der Waals surface area (Å²) in [6.45, 7) is 3.26. The maximum absolute atomic E-state index is 10.8. The number of para-hydroxylation sites is 1. The molecule has 3 nitrogen and oxygen atoms in total. The monoisotopic (exact) mass is 183 g/mol. The predicted octanol–water partition coefficient (Wildman–Crippen LogP) is 2.88. The summed E-state index contributed by atoms with van der Waals surface area (Å²) in [6.07, 6.45) is 1.08. The van der Waals surface area contributed by atoms with E-state index in [2.05, 4.69) is 11.1 Å². The van der Waals surface area contributed by atoms with Gasteiger partial charge in [0, 0.05) is 4.57 Å². The normalized spacial score (nSPS) is 10.2. The van der Waals surface area contributed by atoms with Crippen LogP contribution in [-0.2, 0) is 9.09 Å². The third-order valence-corrected chi connectivity index (χ3v) is 1.76. The fraction of sp³-hybridized carbons (Fsp3) is 0. The standard InChI is InChI=1S/C8H8O3P/c1-2-10-12(9)11-8-6-4-3-5-7-8/h2-7H,1H2/q+1. The highest BCUT2D eigenvalue weighted by Crippen LogP contribution is 2.27. The molecule has 0 saturated heterocycles. The lowest BCUT2D eigenvalue weighted by atomic mass is 10.3. The Morgan fingerprint density at radius 2 is 2.00 bits per heavy atom. The molecule has 0 amide bonds. The summed E-state index contributed by atoms with van der Waals surface area (Å²) >= 11 is 0. The summed E-state index contributed by atoms with van der Waals surface area (Å²) < 4.78 is 20.2. The van der Waals surface area contributed by atoms with Crippen LogP contribution in [0.2, 0.25) is 0 Å². The van der Waals surface area contributed by atoms with E-state index in [4.69, 9.17) is 4.52 Å². The van der Waals surface area contributed by atoms with Gasteiger partial charge >= 0.3 is 8.25 Å². The third-order valence-electron chi connectivity index (χ3n) is 1.08. The Labute approximate surface area is 71.6 Å². The minimum atomic E-state index is -2.12. The Hall–Kier alpha value is -1.34. The molecule has 0 saturated carbocycles. The fourth-order valence-corrected chi connectivity index (χ4v) is 1.11. The molecule has 1 unspecified atom stereocenters. The maximum atomic E-state index is 10.8. The maximum Gasteiger partial charge on any atom is 0.804 e. The second-order valence-electron chi connectivity index (χ2n) is 1.90. The zero-order valence-electron chi connectivity index (χ0n) is 6.34. The Morgan fingerprint density at radius 1 is 1.33 bits per heavy atom. The Morgan fingerprint density at radius 3 is 2.58 bits per heavy atom. The van der Waals surface area contributed by atoms with Crippen LogP contribution in [-0.4, -0.2) is 0 Å². The summed E-state index contributed by atoms with van der Waals surface area (Å²) in [6, 6.07) is 8.80. The van der Waals surface area contributed by atoms with Crippen molar-refractivity contribution in [1.29, 1.82) is 0 Å². The molecule has 0 aliphatic carbocycles. The van der Waals surface area contributed by atoms with E-state index < -0.39 is 8.25 Å². The highest BCUT2D eigenvalue weighted by molar-refractivity contribution is 7.33. The van der Waals surface area contributed by atoms with Crippen LogP contribution in [0.25, 0.3) is 0 Å². The first kappa shape index (κ1) is 8.75. The molecule has 1 aromatic rings. The second-order valence-corrected chi connectivity index (χ2v) is 2.74. The van der Waals surface area contributed by atoms with E-state index in [9.17, 15) is 4.57 Å². The van der Waals surface area contributed by atoms with Crippen molar-refractivity contribution in [2.45, 2.75) is 0 Å². The van der Waals surface area contributed by atoms with Crippen molar-refractivity contribution in [3.05, 3.63) is 43.2 Å². The SMILES string of the molecule is C=CO[P+](=O)Oc1ccccc1. The second kappa shape index (κ2) is 4.52. The Bertz CT molecular complexity index is 271. The molecule has 1 aromatic carbocycles. The third kappa shape index (κ3) is 2.72. The van der Waals surface area contributed by atoms with Gasteiger partial charge in [-0.05, 0) is 12.1 Å². The highest BCUT2D eigenvalue weighted by atomic mass is 31.1. The minimum absolute atomic E-state index is 0.514. The molecule has 0 heterocycles. The van der Waals surface area contributed by atoms with Crippen molar-refractivity contribution < 1.29 is 13.6 Å². The summed E-state index contributed by atoms with van der Waals surface area (Å²) in [5.41, 5.74) is 0. The lowest BCUT2D eigenvalue weighted by Crippen LogP contribution is -1.80. The highest BCUT2D eigenvalue weighted by Gasteiger charge is 2.19. The zero-order valence-corrected chi connectivity index (χ0v) is 7.24. The van der Waals surface area contributed by atoms with Gasteiger partial charge in [-0.15, -0.1) is 0 Å². The lowest BCUT2D eigenvalue weighted by Gasteiger charge is -1.88. The summed E-state index contributed by atoms with van der Waals surface area (Å²) in [5, 5.41) is 0. The molecule has 0 bridgehead atoms. The van der Waals surface area contributed by atoms with Gasteiger partial charge in [0.1, 0.15) is 6.26 Å². The van der Waals surface area contributed by atoms with Gasteiger partial charge in [-0.3, -0.25) is 0 Å². The lowest BCUT2D eigenvalue weighted by molar-refractivity contribution is 0.384. The molecule has 1 atom stereocenters. The molecule has 1 rings (SSSR count). The number of hydrogen-bond donors (Lipinski definition) is 0. The molecule has 0 aliphatic rings. The van der Waals surface area contributed by atoms with Crippen molar-refractivity contribution in [3.8, 4) is 5.75 Å². The van der Waals surface area contributed by atoms with Crippen LogP contribution in [0.15, 0.2) is 43.2 Å². The van der Waals surface area contributed by atoms with Gasteiger partial charge in [-0.25, -0.2) is 9.05 Å². The molecule has 12 heavy (non-hydrogen) atoms. The van der Waals surface area contributed by atoms with Crippen LogP contribution in [0.1, 0.15) is 0 Å². The average Bonchev–Trinajstić information content (AvgIpc) is 2.06. The van der Waals surface area contributed by atoms with Gasteiger partial charge in [-0.2, -0.15) is 0 Å².